The molecule has 2 rings (SSSR count). The monoisotopic (exact) mass is 295 g/mol. The zero-order chi connectivity index (χ0) is 12.7. The Labute approximate surface area is 110 Å². The normalized spacial score (nSPS) is 13.6. The van der Waals surface area contributed by atoms with Crippen LogP contribution >= 0.6 is 15.9 Å². The minimum absolute atomic E-state index is 0.0409. The topological polar surface area (TPSA) is 39.2 Å². The van der Waals surface area contributed by atoms with E-state index in [9.17, 15) is 0 Å². The lowest BCUT2D eigenvalue weighted by Crippen LogP contribution is -2.15. The highest BCUT2D eigenvalue weighted by atomic mass is 79.9. The SMILES string of the molecule is Cc1cc2oc(C(N)C(C)C)cc2c(C)c1Br. The van der Waals surface area contributed by atoms with E-state index in [1.807, 2.05) is 0 Å². The Morgan fingerprint density at radius 2 is 1.88 bits per heavy atom. The molecule has 1 atom stereocenters. The highest BCUT2D eigenvalue weighted by molar-refractivity contribution is 9.10. The van der Waals surface area contributed by atoms with Crippen molar-refractivity contribution >= 4 is 26.9 Å². The Kier molecular flexibility index (Phi) is 3.32. The molecule has 0 amide bonds. The van der Waals surface area contributed by atoms with Crippen LogP contribution in [0.3, 0.4) is 0 Å². The van der Waals surface area contributed by atoms with Gasteiger partial charge in [0.25, 0.3) is 0 Å². The Balaban J connectivity index is 2.62. The summed E-state index contributed by atoms with van der Waals surface area (Å²) in [7, 11) is 0. The number of hydrogen-bond donors (Lipinski definition) is 1. The molecule has 2 N–H and O–H groups in total. The van der Waals surface area contributed by atoms with Gasteiger partial charge in [0.2, 0.25) is 0 Å². The van der Waals surface area contributed by atoms with Crippen molar-refractivity contribution in [2.45, 2.75) is 33.7 Å². The fraction of sp³-hybridized carbons (Fsp3) is 0.429. The Bertz CT molecular complexity index is 557. The number of halogens is 1. The van der Waals surface area contributed by atoms with Gasteiger partial charge in [-0.15, -0.1) is 0 Å². The third-order valence-electron chi connectivity index (χ3n) is 3.25. The molecule has 0 fully saturated rings. The van der Waals surface area contributed by atoms with Gasteiger partial charge >= 0.3 is 0 Å². The second kappa shape index (κ2) is 4.46. The summed E-state index contributed by atoms with van der Waals surface area (Å²) in [6.45, 7) is 8.37. The van der Waals surface area contributed by atoms with Gasteiger partial charge in [0.1, 0.15) is 11.3 Å². The summed E-state index contributed by atoms with van der Waals surface area (Å²) in [5.41, 5.74) is 9.45. The van der Waals surface area contributed by atoms with Gasteiger partial charge in [-0.25, -0.2) is 0 Å². The average Bonchev–Trinajstić information content (AvgIpc) is 2.68. The summed E-state index contributed by atoms with van der Waals surface area (Å²) in [4.78, 5) is 0. The molecule has 0 aliphatic carbocycles. The Morgan fingerprint density at radius 3 is 2.47 bits per heavy atom. The molecule has 2 nitrogen and oxygen atoms in total. The van der Waals surface area contributed by atoms with Crippen LogP contribution in [0.4, 0.5) is 0 Å². The van der Waals surface area contributed by atoms with Crippen molar-refractivity contribution in [2.75, 3.05) is 0 Å². The van der Waals surface area contributed by atoms with Gasteiger partial charge in [0.05, 0.1) is 6.04 Å². The molecule has 0 aliphatic rings. The van der Waals surface area contributed by atoms with Crippen LogP contribution in [0.25, 0.3) is 11.0 Å². The first-order valence-electron chi connectivity index (χ1n) is 5.86. The number of hydrogen-bond acceptors (Lipinski definition) is 2. The van der Waals surface area contributed by atoms with Crippen LogP contribution < -0.4 is 5.73 Å². The van der Waals surface area contributed by atoms with Crippen LogP contribution in [0, 0.1) is 19.8 Å². The number of aryl methyl sites for hydroxylation is 2. The Morgan fingerprint density at radius 1 is 1.24 bits per heavy atom. The third kappa shape index (κ3) is 2.14. The molecule has 1 heterocycles. The van der Waals surface area contributed by atoms with Crippen molar-refractivity contribution in [3.05, 3.63) is 33.5 Å². The average molecular weight is 296 g/mol. The number of nitrogens with two attached hydrogens (primary N) is 1. The van der Waals surface area contributed by atoms with E-state index in [0.717, 1.165) is 21.2 Å². The van der Waals surface area contributed by atoms with Gasteiger partial charge in [0.15, 0.2) is 0 Å². The summed E-state index contributed by atoms with van der Waals surface area (Å²) < 4.78 is 7.01. The third-order valence-corrected chi connectivity index (χ3v) is 4.47. The van der Waals surface area contributed by atoms with E-state index in [-0.39, 0.29) is 6.04 Å². The Hall–Kier alpha value is -0.800. The summed E-state index contributed by atoms with van der Waals surface area (Å²) in [5.74, 6) is 1.25. The van der Waals surface area contributed by atoms with E-state index in [4.69, 9.17) is 10.2 Å². The molecule has 1 aromatic carbocycles. The minimum Gasteiger partial charge on any atom is -0.459 e. The van der Waals surface area contributed by atoms with Gasteiger partial charge in [-0.1, -0.05) is 29.8 Å². The molecule has 92 valence electrons. The van der Waals surface area contributed by atoms with Crippen molar-refractivity contribution < 1.29 is 4.42 Å². The minimum atomic E-state index is -0.0409. The summed E-state index contributed by atoms with van der Waals surface area (Å²) in [6, 6.07) is 4.09. The fourth-order valence-corrected chi connectivity index (χ4v) is 2.32. The first-order chi connectivity index (χ1) is 7.91. The first-order valence-corrected chi connectivity index (χ1v) is 6.65. The van der Waals surface area contributed by atoms with Gasteiger partial charge in [-0.3, -0.25) is 0 Å². The van der Waals surface area contributed by atoms with Crippen molar-refractivity contribution in [2.24, 2.45) is 11.7 Å². The van der Waals surface area contributed by atoms with Gasteiger partial charge in [0, 0.05) is 9.86 Å². The molecule has 2 aromatic rings. The molecule has 0 spiro atoms. The second-order valence-corrected chi connectivity index (χ2v) is 5.76. The lowest BCUT2D eigenvalue weighted by atomic mass is 10.0. The zero-order valence-corrected chi connectivity index (χ0v) is 12.3. The van der Waals surface area contributed by atoms with Crippen molar-refractivity contribution in [1.82, 2.24) is 0 Å². The molecule has 0 saturated heterocycles. The van der Waals surface area contributed by atoms with Crippen LogP contribution in [0.5, 0.6) is 0 Å². The molecule has 0 radical (unpaired) electrons. The van der Waals surface area contributed by atoms with Crippen LogP contribution in [-0.4, -0.2) is 0 Å². The van der Waals surface area contributed by atoms with E-state index >= 15 is 0 Å². The summed E-state index contributed by atoms with van der Waals surface area (Å²) in [5, 5.41) is 1.15. The predicted octanol–water partition coefficient (Wildman–Crippen LogP) is 4.47. The molecular formula is C14H18BrNO. The highest BCUT2D eigenvalue weighted by Crippen LogP contribution is 2.33. The largest absolute Gasteiger partial charge is 0.459 e. The van der Waals surface area contributed by atoms with E-state index in [2.05, 4.69) is 55.8 Å². The maximum absolute atomic E-state index is 6.12. The molecular weight excluding hydrogens is 278 g/mol. The van der Waals surface area contributed by atoms with Gasteiger partial charge in [-0.05, 0) is 43.0 Å². The van der Waals surface area contributed by atoms with Crippen LogP contribution in [0.2, 0.25) is 0 Å². The molecule has 17 heavy (non-hydrogen) atoms. The van der Waals surface area contributed by atoms with Crippen LogP contribution in [0.15, 0.2) is 21.0 Å². The number of rotatable bonds is 2. The number of benzene rings is 1. The first kappa shape index (κ1) is 12.7. The van der Waals surface area contributed by atoms with Crippen molar-refractivity contribution in [1.29, 1.82) is 0 Å². The molecule has 0 bridgehead atoms. The molecule has 0 aliphatic heterocycles. The van der Waals surface area contributed by atoms with Gasteiger partial charge in [-0.2, -0.15) is 0 Å². The summed E-state index contributed by atoms with van der Waals surface area (Å²) >= 11 is 3.60. The summed E-state index contributed by atoms with van der Waals surface area (Å²) in [6.07, 6.45) is 0. The smallest absolute Gasteiger partial charge is 0.134 e. The molecule has 0 saturated carbocycles. The van der Waals surface area contributed by atoms with E-state index in [1.165, 1.54) is 11.1 Å². The molecule has 1 aromatic heterocycles. The lowest BCUT2D eigenvalue weighted by molar-refractivity contribution is 0.418. The van der Waals surface area contributed by atoms with Crippen LogP contribution in [-0.2, 0) is 0 Å². The molecule has 3 heteroatoms. The quantitative estimate of drug-likeness (QED) is 0.888. The van der Waals surface area contributed by atoms with E-state index in [0.29, 0.717) is 5.92 Å². The van der Waals surface area contributed by atoms with E-state index < -0.39 is 0 Å². The van der Waals surface area contributed by atoms with Gasteiger partial charge < -0.3 is 10.2 Å². The maximum atomic E-state index is 6.12. The zero-order valence-electron chi connectivity index (χ0n) is 10.7. The van der Waals surface area contributed by atoms with E-state index in [1.54, 1.807) is 0 Å². The van der Waals surface area contributed by atoms with Crippen LogP contribution in [0.1, 0.15) is 36.8 Å². The number of furan rings is 1. The fourth-order valence-electron chi connectivity index (χ4n) is 1.99. The predicted molar refractivity (Wildman–Crippen MR) is 75.2 cm³/mol. The standard InChI is InChI=1S/C14H18BrNO/c1-7(2)14(16)12-6-10-9(4)13(15)8(3)5-11(10)17-12/h5-7,14H,16H2,1-4H3. The van der Waals surface area contributed by atoms with Crippen molar-refractivity contribution in [3.8, 4) is 0 Å². The maximum Gasteiger partial charge on any atom is 0.134 e. The number of fused-ring (bicyclic) bond motifs is 1. The highest BCUT2D eigenvalue weighted by Gasteiger charge is 2.17. The van der Waals surface area contributed by atoms with Crippen molar-refractivity contribution in [3.63, 3.8) is 0 Å². The lowest BCUT2D eigenvalue weighted by Gasteiger charge is -2.11. The second-order valence-electron chi connectivity index (χ2n) is 4.96. The molecule has 1 unspecified atom stereocenters.